The largest absolute Gasteiger partial charge is 0.487 e. The van der Waals surface area contributed by atoms with E-state index >= 15 is 0 Å². The van der Waals surface area contributed by atoms with E-state index in [4.69, 9.17) is 14.2 Å². The van der Waals surface area contributed by atoms with Crippen LogP contribution in [-0.2, 0) is 11.4 Å². The number of nitriles is 1. The maximum Gasteiger partial charge on any atom is 0.266 e. The quantitative estimate of drug-likeness (QED) is 0.444. The van der Waals surface area contributed by atoms with Gasteiger partial charge in [0.1, 0.15) is 37.2 Å². The van der Waals surface area contributed by atoms with Gasteiger partial charge in [0.15, 0.2) is 11.5 Å². The van der Waals surface area contributed by atoms with Crippen molar-refractivity contribution in [2.24, 2.45) is 0 Å². The number of amides is 1. The lowest BCUT2D eigenvalue weighted by Gasteiger charge is -2.19. The second kappa shape index (κ2) is 9.88. The first-order valence-corrected chi connectivity index (χ1v) is 10.5. The molecule has 0 unspecified atom stereocenters. The summed E-state index contributed by atoms with van der Waals surface area (Å²) in [6.07, 6.45) is 3.29. The highest BCUT2D eigenvalue weighted by Crippen LogP contribution is 2.33. The summed E-state index contributed by atoms with van der Waals surface area (Å²) in [6, 6.07) is 16.6. The van der Waals surface area contributed by atoms with Gasteiger partial charge in [0, 0.05) is 18.0 Å². The van der Waals surface area contributed by atoms with Gasteiger partial charge in [-0.2, -0.15) is 5.26 Å². The van der Waals surface area contributed by atoms with Crippen molar-refractivity contribution in [1.82, 2.24) is 4.98 Å². The number of nitrogens with zero attached hydrogens (tertiary/aromatic N) is 2. The van der Waals surface area contributed by atoms with Crippen LogP contribution in [-0.4, -0.2) is 24.1 Å². The summed E-state index contributed by atoms with van der Waals surface area (Å²) in [4.78, 5) is 17.0. The van der Waals surface area contributed by atoms with E-state index in [2.05, 4.69) is 10.3 Å². The number of anilines is 1. The van der Waals surface area contributed by atoms with Crippen LogP contribution in [0.2, 0.25) is 0 Å². The first-order valence-electron chi connectivity index (χ1n) is 10.5. The topological polar surface area (TPSA) is 93.5 Å². The van der Waals surface area contributed by atoms with Crippen LogP contribution in [0.4, 0.5) is 5.69 Å². The second-order valence-electron chi connectivity index (χ2n) is 7.58. The van der Waals surface area contributed by atoms with E-state index in [-0.39, 0.29) is 5.57 Å². The van der Waals surface area contributed by atoms with Crippen LogP contribution in [0.3, 0.4) is 0 Å². The first-order chi connectivity index (χ1) is 16.0. The molecule has 0 atom stereocenters. The third-order valence-corrected chi connectivity index (χ3v) is 5.05. The highest BCUT2D eigenvalue weighted by atomic mass is 16.6. The van der Waals surface area contributed by atoms with Crippen LogP contribution in [0, 0.1) is 25.2 Å². The van der Waals surface area contributed by atoms with Crippen molar-refractivity contribution in [1.29, 1.82) is 5.26 Å². The second-order valence-corrected chi connectivity index (χ2v) is 7.58. The Kier molecular flexibility index (Phi) is 6.56. The lowest BCUT2D eigenvalue weighted by atomic mass is 10.0. The summed E-state index contributed by atoms with van der Waals surface area (Å²) in [5.41, 5.74) is 3.90. The minimum absolute atomic E-state index is 0.00848. The van der Waals surface area contributed by atoms with Crippen molar-refractivity contribution in [2.45, 2.75) is 20.5 Å². The SMILES string of the molecule is Cc1cc(/C=C(\C#N)C(=O)Nc2ccc3c(c2)OCCO3)cc(C)c1OCc1ccccn1. The fourth-order valence-corrected chi connectivity index (χ4v) is 3.56. The Hall–Kier alpha value is -4.31. The predicted molar refractivity (Wildman–Crippen MR) is 124 cm³/mol. The molecule has 0 fully saturated rings. The van der Waals surface area contributed by atoms with Crippen LogP contribution < -0.4 is 19.5 Å². The highest BCUT2D eigenvalue weighted by molar-refractivity contribution is 6.09. The van der Waals surface area contributed by atoms with Crippen molar-refractivity contribution in [2.75, 3.05) is 18.5 Å². The standard InChI is InChI=1S/C26H23N3O4/c1-17-11-19(12-18(2)25(17)33-16-22-5-3-4-8-28-22)13-20(15-27)26(30)29-21-6-7-23-24(14-21)32-10-9-31-23/h3-8,11-14H,9-10,16H2,1-2H3,(H,29,30)/b20-13+. The molecular weight excluding hydrogens is 418 g/mol. The van der Waals surface area contributed by atoms with Gasteiger partial charge in [-0.25, -0.2) is 0 Å². The molecule has 0 saturated carbocycles. The van der Waals surface area contributed by atoms with E-state index in [1.165, 1.54) is 0 Å². The van der Waals surface area contributed by atoms with Crippen molar-refractivity contribution in [3.05, 3.63) is 82.7 Å². The molecule has 1 amide bonds. The molecule has 0 saturated heterocycles. The Bertz CT molecular complexity index is 1220. The maximum atomic E-state index is 12.7. The van der Waals surface area contributed by atoms with Crippen molar-refractivity contribution < 1.29 is 19.0 Å². The van der Waals surface area contributed by atoms with E-state index in [0.29, 0.717) is 37.0 Å². The van der Waals surface area contributed by atoms with E-state index in [9.17, 15) is 10.1 Å². The average Bonchev–Trinajstić information content (AvgIpc) is 2.82. The highest BCUT2D eigenvalue weighted by Gasteiger charge is 2.15. The number of nitrogens with one attached hydrogen (secondary N) is 1. The van der Waals surface area contributed by atoms with Crippen LogP contribution in [0.5, 0.6) is 17.2 Å². The molecule has 0 bridgehead atoms. The van der Waals surface area contributed by atoms with Crippen molar-refractivity contribution in [3.63, 3.8) is 0 Å². The molecule has 0 radical (unpaired) electrons. The Morgan fingerprint density at radius 3 is 2.58 bits per heavy atom. The normalized spacial score (nSPS) is 12.6. The fraction of sp³-hybridized carbons (Fsp3) is 0.192. The first kappa shape index (κ1) is 21.9. The van der Waals surface area contributed by atoms with Gasteiger partial charge in [0.05, 0.1) is 5.69 Å². The summed E-state index contributed by atoms with van der Waals surface area (Å²) in [6.45, 7) is 5.16. The number of rotatable bonds is 6. The van der Waals surface area contributed by atoms with Crippen molar-refractivity contribution in [3.8, 4) is 23.3 Å². The Morgan fingerprint density at radius 2 is 1.88 bits per heavy atom. The Balaban J connectivity index is 1.49. The number of ether oxygens (including phenoxy) is 3. The van der Waals surface area contributed by atoms with Gasteiger partial charge in [0.2, 0.25) is 0 Å². The predicted octanol–water partition coefficient (Wildman–Crippen LogP) is 4.59. The molecule has 3 aromatic rings. The van der Waals surface area contributed by atoms with Gasteiger partial charge in [-0.15, -0.1) is 0 Å². The number of aryl methyl sites for hydroxylation is 2. The molecule has 2 heterocycles. The van der Waals surface area contributed by atoms with E-state index in [1.54, 1.807) is 30.5 Å². The molecule has 1 aliphatic heterocycles. The third kappa shape index (κ3) is 5.31. The lowest BCUT2D eigenvalue weighted by molar-refractivity contribution is -0.112. The lowest BCUT2D eigenvalue weighted by Crippen LogP contribution is -2.17. The molecule has 7 heteroatoms. The zero-order chi connectivity index (χ0) is 23.2. The molecule has 4 rings (SSSR count). The molecule has 33 heavy (non-hydrogen) atoms. The number of pyridine rings is 1. The molecule has 166 valence electrons. The summed E-state index contributed by atoms with van der Waals surface area (Å²) in [7, 11) is 0. The zero-order valence-corrected chi connectivity index (χ0v) is 18.4. The number of hydrogen-bond acceptors (Lipinski definition) is 6. The van der Waals surface area contributed by atoms with Gasteiger partial charge < -0.3 is 19.5 Å². The minimum atomic E-state index is -0.500. The van der Waals surface area contributed by atoms with Gasteiger partial charge in [-0.3, -0.25) is 9.78 Å². The van der Waals surface area contributed by atoms with E-state index < -0.39 is 5.91 Å². The van der Waals surface area contributed by atoms with Crippen LogP contribution in [0.1, 0.15) is 22.4 Å². The summed E-state index contributed by atoms with van der Waals surface area (Å²) >= 11 is 0. The molecule has 1 aliphatic rings. The molecule has 0 spiro atoms. The Morgan fingerprint density at radius 1 is 1.12 bits per heavy atom. The zero-order valence-electron chi connectivity index (χ0n) is 18.4. The molecule has 2 aromatic carbocycles. The summed E-state index contributed by atoms with van der Waals surface area (Å²) in [5.74, 6) is 1.46. The smallest absolute Gasteiger partial charge is 0.266 e. The monoisotopic (exact) mass is 441 g/mol. The number of fused-ring (bicyclic) bond motifs is 1. The third-order valence-electron chi connectivity index (χ3n) is 5.05. The Labute approximate surface area is 192 Å². The van der Waals surface area contributed by atoms with Crippen LogP contribution in [0.25, 0.3) is 6.08 Å². The van der Waals surface area contributed by atoms with Crippen LogP contribution >= 0.6 is 0 Å². The van der Waals surface area contributed by atoms with E-state index in [1.807, 2.05) is 50.2 Å². The molecular formula is C26H23N3O4. The molecule has 1 N–H and O–H groups in total. The van der Waals surface area contributed by atoms with E-state index in [0.717, 1.165) is 28.1 Å². The number of carbonyl (C=O) groups is 1. The fourth-order valence-electron chi connectivity index (χ4n) is 3.56. The minimum Gasteiger partial charge on any atom is -0.487 e. The molecule has 7 nitrogen and oxygen atoms in total. The maximum absolute atomic E-state index is 12.7. The molecule has 0 aliphatic carbocycles. The summed E-state index contributed by atoms with van der Waals surface area (Å²) in [5, 5.41) is 12.3. The van der Waals surface area contributed by atoms with Gasteiger partial charge in [-0.05, 0) is 73.0 Å². The summed E-state index contributed by atoms with van der Waals surface area (Å²) < 4.78 is 17.0. The number of carbonyl (C=O) groups excluding carboxylic acids is 1. The van der Waals surface area contributed by atoms with Gasteiger partial charge in [-0.1, -0.05) is 6.07 Å². The number of benzene rings is 2. The van der Waals surface area contributed by atoms with Crippen molar-refractivity contribution >= 4 is 17.7 Å². The van der Waals surface area contributed by atoms with Gasteiger partial charge in [0.25, 0.3) is 5.91 Å². The number of hydrogen-bond donors (Lipinski definition) is 1. The molecule has 1 aromatic heterocycles. The average molecular weight is 441 g/mol. The number of aromatic nitrogens is 1. The van der Waals surface area contributed by atoms with Gasteiger partial charge >= 0.3 is 0 Å². The van der Waals surface area contributed by atoms with Crippen LogP contribution in [0.15, 0.2) is 60.3 Å².